The molecule has 0 amide bonds. The molecule has 22 heavy (non-hydrogen) atoms. The highest BCUT2D eigenvalue weighted by molar-refractivity contribution is 7.99. The van der Waals surface area contributed by atoms with E-state index in [1.807, 2.05) is 39.2 Å². The summed E-state index contributed by atoms with van der Waals surface area (Å²) < 4.78 is 28.2. The molecule has 0 bridgehead atoms. The summed E-state index contributed by atoms with van der Waals surface area (Å²) in [4.78, 5) is 0.867. The quantitative estimate of drug-likeness (QED) is 0.802. The minimum absolute atomic E-state index is 0.201. The molecule has 0 aliphatic rings. The normalized spacial score (nSPS) is 11.5. The molecule has 0 aromatic heterocycles. The van der Waals surface area contributed by atoms with Gasteiger partial charge in [0, 0.05) is 9.92 Å². The van der Waals surface area contributed by atoms with Gasteiger partial charge in [-0.15, -0.1) is 11.8 Å². The standard InChI is InChI=1S/C16H18ClNO2S2/c1-10-7-11(2)16(12(3)8-10)18-22(19,20)15-9-13(17)5-6-14(15)21-4/h5-9,18H,1-4H3. The van der Waals surface area contributed by atoms with Crippen LogP contribution in [0.1, 0.15) is 16.7 Å². The van der Waals surface area contributed by atoms with Crippen molar-refractivity contribution in [1.82, 2.24) is 0 Å². The van der Waals surface area contributed by atoms with E-state index in [1.165, 1.54) is 17.8 Å². The highest BCUT2D eigenvalue weighted by Gasteiger charge is 2.20. The van der Waals surface area contributed by atoms with Crippen molar-refractivity contribution in [3.63, 3.8) is 0 Å². The van der Waals surface area contributed by atoms with E-state index in [9.17, 15) is 8.42 Å². The first-order valence-corrected chi connectivity index (χ1v) is 9.77. The van der Waals surface area contributed by atoms with Crippen LogP contribution in [0, 0.1) is 20.8 Å². The smallest absolute Gasteiger partial charge is 0.263 e. The Morgan fingerprint density at radius 2 is 1.64 bits per heavy atom. The number of rotatable bonds is 4. The molecule has 6 heteroatoms. The summed E-state index contributed by atoms with van der Waals surface area (Å²) in [5, 5.41) is 0.399. The minimum Gasteiger partial charge on any atom is -0.279 e. The van der Waals surface area contributed by atoms with Crippen molar-refractivity contribution >= 4 is 39.1 Å². The molecule has 0 radical (unpaired) electrons. The lowest BCUT2D eigenvalue weighted by atomic mass is 10.1. The fourth-order valence-electron chi connectivity index (χ4n) is 2.39. The fourth-order valence-corrected chi connectivity index (χ4v) is 4.99. The van der Waals surface area contributed by atoms with Crippen LogP contribution in [0.15, 0.2) is 40.1 Å². The zero-order valence-electron chi connectivity index (χ0n) is 12.9. The second-order valence-corrected chi connectivity index (χ2v) is 8.11. The Morgan fingerprint density at radius 1 is 1.05 bits per heavy atom. The van der Waals surface area contributed by atoms with E-state index in [0.29, 0.717) is 15.6 Å². The van der Waals surface area contributed by atoms with E-state index in [4.69, 9.17) is 11.6 Å². The van der Waals surface area contributed by atoms with Crippen LogP contribution < -0.4 is 4.72 Å². The van der Waals surface area contributed by atoms with Gasteiger partial charge >= 0.3 is 0 Å². The maximum atomic E-state index is 12.7. The predicted octanol–water partition coefficient (Wildman–Crippen LogP) is 4.79. The van der Waals surface area contributed by atoms with Crippen LogP contribution in [0.25, 0.3) is 0 Å². The summed E-state index contributed by atoms with van der Waals surface area (Å²) in [6.45, 7) is 5.78. The van der Waals surface area contributed by atoms with Gasteiger partial charge in [0.25, 0.3) is 10.0 Å². The van der Waals surface area contributed by atoms with Gasteiger partial charge in [0.1, 0.15) is 4.90 Å². The molecular formula is C16H18ClNO2S2. The first-order chi connectivity index (χ1) is 10.2. The topological polar surface area (TPSA) is 46.2 Å². The summed E-state index contributed by atoms with van der Waals surface area (Å²) in [5.74, 6) is 0. The Balaban J connectivity index is 2.52. The molecule has 118 valence electrons. The van der Waals surface area contributed by atoms with Gasteiger partial charge in [-0.05, 0) is 56.4 Å². The monoisotopic (exact) mass is 355 g/mol. The first kappa shape index (κ1) is 17.2. The maximum Gasteiger partial charge on any atom is 0.263 e. The second-order valence-electron chi connectivity index (χ2n) is 5.17. The van der Waals surface area contributed by atoms with Crippen molar-refractivity contribution in [2.45, 2.75) is 30.6 Å². The van der Waals surface area contributed by atoms with Gasteiger partial charge in [0.05, 0.1) is 5.69 Å². The molecule has 0 saturated carbocycles. The lowest BCUT2D eigenvalue weighted by Gasteiger charge is -2.16. The fraction of sp³-hybridized carbons (Fsp3) is 0.250. The molecule has 0 aliphatic carbocycles. The van der Waals surface area contributed by atoms with E-state index < -0.39 is 10.0 Å². The molecule has 2 rings (SSSR count). The Kier molecular flexibility index (Phi) is 5.10. The van der Waals surface area contributed by atoms with Gasteiger partial charge < -0.3 is 0 Å². The van der Waals surface area contributed by atoms with Crippen LogP contribution >= 0.6 is 23.4 Å². The molecule has 0 saturated heterocycles. The van der Waals surface area contributed by atoms with Crippen molar-refractivity contribution in [3.8, 4) is 0 Å². The number of benzene rings is 2. The highest BCUT2D eigenvalue weighted by atomic mass is 35.5. The number of aryl methyl sites for hydroxylation is 3. The first-order valence-electron chi connectivity index (χ1n) is 6.69. The third kappa shape index (κ3) is 3.59. The SMILES string of the molecule is CSc1ccc(Cl)cc1S(=O)(=O)Nc1c(C)cc(C)cc1C. The molecule has 0 fully saturated rings. The van der Waals surface area contributed by atoms with Crippen molar-refractivity contribution in [1.29, 1.82) is 0 Å². The average molecular weight is 356 g/mol. The lowest BCUT2D eigenvalue weighted by Crippen LogP contribution is -2.15. The van der Waals surface area contributed by atoms with Crippen LogP contribution in [0.4, 0.5) is 5.69 Å². The molecule has 1 N–H and O–H groups in total. The molecule has 0 unspecified atom stereocenters. The van der Waals surface area contributed by atoms with E-state index >= 15 is 0 Å². The molecule has 2 aromatic carbocycles. The van der Waals surface area contributed by atoms with Crippen LogP contribution in [0.2, 0.25) is 5.02 Å². The zero-order chi connectivity index (χ0) is 16.5. The number of hydrogen-bond acceptors (Lipinski definition) is 3. The van der Waals surface area contributed by atoms with Crippen molar-refractivity contribution in [2.24, 2.45) is 0 Å². The van der Waals surface area contributed by atoms with Crippen LogP contribution in [0.3, 0.4) is 0 Å². The molecule has 0 spiro atoms. The van der Waals surface area contributed by atoms with Gasteiger partial charge in [-0.1, -0.05) is 29.3 Å². The molecule has 0 atom stereocenters. The van der Waals surface area contributed by atoms with Gasteiger partial charge in [-0.3, -0.25) is 4.72 Å². The Hall–Kier alpha value is -1.17. The molecule has 0 aliphatic heterocycles. The number of thioether (sulfide) groups is 1. The molecule has 2 aromatic rings. The number of halogens is 1. The number of hydrogen-bond donors (Lipinski definition) is 1. The largest absolute Gasteiger partial charge is 0.279 e. The van der Waals surface area contributed by atoms with Crippen LogP contribution in [-0.2, 0) is 10.0 Å². The van der Waals surface area contributed by atoms with E-state index in [0.717, 1.165) is 16.7 Å². The van der Waals surface area contributed by atoms with Gasteiger partial charge in [-0.25, -0.2) is 8.42 Å². The predicted molar refractivity (Wildman–Crippen MR) is 94.7 cm³/mol. The van der Waals surface area contributed by atoms with Gasteiger partial charge in [0.15, 0.2) is 0 Å². The molecule has 0 heterocycles. The summed E-state index contributed by atoms with van der Waals surface area (Å²) >= 11 is 7.34. The summed E-state index contributed by atoms with van der Waals surface area (Å²) in [5.41, 5.74) is 3.52. The van der Waals surface area contributed by atoms with E-state index in [-0.39, 0.29) is 4.90 Å². The molecular weight excluding hydrogens is 338 g/mol. The van der Waals surface area contributed by atoms with Crippen molar-refractivity contribution in [3.05, 3.63) is 52.0 Å². The lowest BCUT2D eigenvalue weighted by molar-refractivity contribution is 0.599. The second kappa shape index (κ2) is 6.52. The third-order valence-corrected chi connectivity index (χ3v) is 5.88. The summed E-state index contributed by atoms with van der Waals surface area (Å²) in [7, 11) is -3.69. The number of sulfonamides is 1. The van der Waals surface area contributed by atoms with Crippen molar-refractivity contribution < 1.29 is 8.42 Å². The highest BCUT2D eigenvalue weighted by Crippen LogP contribution is 2.31. The Bertz CT molecular complexity index is 794. The Morgan fingerprint density at radius 3 is 2.18 bits per heavy atom. The van der Waals surface area contributed by atoms with Crippen LogP contribution in [-0.4, -0.2) is 14.7 Å². The average Bonchev–Trinajstić information content (AvgIpc) is 2.43. The minimum atomic E-state index is -3.69. The third-order valence-electron chi connectivity index (χ3n) is 3.33. The summed E-state index contributed by atoms with van der Waals surface area (Å²) in [6, 6.07) is 8.80. The maximum absolute atomic E-state index is 12.7. The van der Waals surface area contributed by atoms with Gasteiger partial charge in [0.2, 0.25) is 0 Å². The molecule has 3 nitrogen and oxygen atoms in total. The zero-order valence-corrected chi connectivity index (χ0v) is 15.3. The summed E-state index contributed by atoms with van der Waals surface area (Å²) in [6.07, 6.45) is 1.84. The van der Waals surface area contributed by atoms with E-state index in [2.05, 4.69) is 4.72 Å². The number of anilines is 1. The van der Waals surface area contributed by atoms with Crippen molar-refractivity contribution in [2.75, 3.05) is 11.0 Å². The van der Waals surface area contributed by atoms with Crippen LogP contribution in [0.5, 0.6) is 0 Å². The van der Waals surface area contributed by atoms with E-state index in [1.54, 1.807) is 12.1 Å². The Labute approximate surface area is 141 Å². The number of nitrogens with one attached hydrogen (secondary N) is 1. The van der Waals surface area contributed by atoms with Gasteiger partial charge in [-0.2, -0.15) is 0 Å².